The highest BCUT2D eigenvalue weighted by Gasteiger charge is 2.34. The lowest BCUT2D eigenvalue weighted by Gasteiger charge is -2.36. The molecule has 0 spiro atoms. The van der Waals surface area contributed by atoms with Crippen molar-refractivity contribution in [1.82, 2.24) is 0 Å². The summed E-state index contributed by atoms with van der Waals surface area (Å²) < 4.78 is 2.52. The van der Waals surface area contributed by atoms with E-state index >= 15 is 0 Å². The van der Waals surface area contributed by atoms with E-state index in [1.165, 1.54) is 96.7 Å². The number of hydrogen-bond acceptors (Lipinski definition) is 0. The van der Waals surface area contributed by atoms with E-state index in [0.717, 1.165) is 24.8 Å². The monoisotopic (exact) mass is 460 g/mol. The molecule has 1 saturated heterocycles. The van der Waals surface area contributed by atoms with Crippen LogP contribution in [0.25, 0.3) is 0 Å². The fraction of sp³-hybridized carbons (Fsp3) is 0.594. The third-order valence-electron chi connectivity index (χ3n) is 8.12. The first-order valence-corrected chi connectivity index (χ1v) is 14.4. The third-order valence-corrected chi connectivity index (χ3v) is 8.12. The first kappa shape index (κ1) is 25.2. The Kier molecular flexibility index (Phi) is 10.7. The molecule has 1 unspecified atom stereocenters. The number of hydrogen-bond donors (Lipinski definition) is 1. The molecule has 184 valence electrons. The Balaban J connectivity index is 1.59. The summed E-state index contributed by atoms with van der Waals surface area (Å²) in [6.45, 7) is 5.09. The average Bonchev–Trinajstić information content (AvgIpc) is 2.85. The second-order valence-corrected chi connectivity index (χ2v) is 10.9. The van der Waals surface area contributed by atoms with Crippen molar-refractivity contribution in [2.45, 2.75) is 95.9 Å². The molecule has 2 nitrogen and oxygen atoms in total. The number of aromatic nitrogens is 1. The van der Waals surface area contributed by atoms with Crippen LogP contribution in [0.4, 0.5) is 0 Å². The van der Waals surface area contributed by atoms with Gasteiger partial charge < -0.3 is 4.90 Å². The molecule has 5 heterocycles. The number of fused-ring (bicyclic) bond motifs is 9. The van der Waals surface area contributed by atoms with Crippen molar-refractivity contribution in [3.05, 3.63) is 78.2 Å². The molecular weight excluding hydrogens is 412 g/mol. The number of pyridine rings is 1. The molecular formula is C32H48N2+2. The SMILES string of the molecule is C1=C\CCCCCC[C@@H]2C[NH+]3CC/C=C/C=C\CCCCc4cc(c[n+](c4)CC\C=C/1)[C@@H]2CC3. The number of nitrogens with one attached hydrogen (secondary N) is 1. The zero-order chi connectivity index (χ0) is 23.3. The van der Waals surface area contributed by atoms with Crippen molar-refractivity contribution in [2.24, 2.45) is 5.92 Å². The summed E-state index contributed by atoms with van der Waals surface area (Å²) in [6, 6.07) is 2.60. The minimum Gasteiger partial charge on any atom is -0.334 e. The summed E-state index contributed by atoms with van der Waals surface area (Å²) >= 11 is 0. The van der Waals surface area contributed by atoms with Crippen LogP contribution in [0.2, 0.25) is 0 Å². The van der Waals surface area contributed by atoms with Crippen molar-refractivity contribution in [3.8, 4) is 0 Å². The lowest BCUT2D eigenvalue weighted by Crippen LogP contribution is -3.13. The van der Waals surface area contributed by atoms with Crippen LogP contribution in [0.3, 0.4) is 0 Å². The zero-order valence-electron chi connectivity index (χ0n) is 21.5. The van der Waals surface area contributed by atoms with Gasteiger partial charge in [0.05, 0.1) is 19.6 Å². The van der Waals surface area contributed by atoms with Gasteiger partial charge in [0.25, 0.3) is 0 Å². The number of piperidine rings is 1. The van der Waals surface area contributed by atoms with Crippen LogP contribution in [0.1, 0.15) is 94.1 Å². The predicted molar refractivity (Wildman–Crippen MR) is 144 cm³/mol. The Morgan fingerprint density at radius 2 is 1.41 bits per heavy atom. The Morgan fingerprint density at radius 3 is 2.26 bits per heavy atom. The predicted octanol–water partition coefficient (Wildman–Crippen LogP) is 6.05. The normalized spacial score (nSPS) is 31.4. The number of aryl methyl sites for hydroxylation is 2. The Bertz CT molecular complexity index is 847. The summed E-state index contributed by atoms with van der Waals surface area (Å²) in [5, 5.41) is 0. The second kappa shape index (κ2) is 14.5. The van der Waals surface area contributed by atoms with Crippen molar-refractivity contribution in [3.63, 3.8) is 0 Å². The lowest BCUT2D eigenvalue weighted by molar-refractivity contribution is -0.909. The smallest absolute Gasteiger partial charge is 0.172 e. The maximum atomic E-state index is 2.60. The van der Waals surface area contributed by atoms with E-state index < -0.39 is 0 Å². The minimum absolute atomic E-state index is 0.746. The van der Waals surface area contributed by atoms with Gasteiger partial charge in [-0.15, -0.1) is 0 Å². The van der Waals surface area contributed by atoms with E-state index in [1.807, 2.05) is 4.90 Å². The largest absolute Gasteiger partial charge is 0.334 e. The molecule has 4 aliphatic heterocycles. The van der Waals surface area contributed by atoms with Gasteiger partial charge >= 0.3 is 0 Å². The van der Waals surface area contributed by atoms with Gasteiger partial charge in [0.15, 0.2) is 18.9 Å². The molecule has 0 saturated carbocycles. The number of nitrogens with zero attached hydrogens (tertiary/aromatic N) is 1. The molecule has 6 bridgehead atoms. The van der Waals surface area contributed by atoms with Crippen molar-refractivity contribution in [1.29, 1.82) is 0 Å². The molecule has 2 heteroatoms. The lowest BCUT2D eigenvalue weighted by atomic mass is 9.78. The summed E-state index contributed by atoms with van der Waals surface area (Å²) in [4.78, 5) is 1.84. The van der Waals surface area contributed by atoms with Crippen LogP contribution in [-0.2, 0) is 13.0 Å². The van der Waals surface area contributed by atoms with E-state index in [4.69, 9.17) is 0 Å². The van der Waals surface area contributed by atoms with Gasteiger partial charge in [-0.1, -0.05) is 67.9 Å². The topological polar surface area (TPSA) is 8.32 Å². The molecule has 34 heavy (non-hydrogen) atoms. The van der Waals surface area contributed by atoms with Crippen LogP contribution in [0, 0.1) is 5.92 Å². The van der Waals surface area contributed by atoms with E-state index in [2.05, 4.69) is 71.6 Å². The summed E-state index contributed by atoms with van der Waals surface area (Å²) in [6.07, 6.45) is 40.3. The van der Waals surface area contributed by atoms with Crippen molar-refractivity contribution >= 4 is 0 Å². The van der Waals surface area contributed by atoms with E-state index in [-0.39, 0.29) is 0 Å². The first-order chi connectivity index (χ1) is 16.9. The summed E-state index contributed by atoms with van der Waals surface area (Å²) in [5.41, 5.74) is 3.19. The molecule has 0 aliphatic carbocycles. The quantitative estimate of drug-likeness (QED) is 0.451. The van der Waals surface area contributed by atoms with Gasteiger partial charge in [-0.25, -0.2) is 4.57 Å². The maximum absolute atomic E-state index is 2.60. The van der Waals surface area contributed by atoms with Crippen LogP contribution < -0.4 is 9.47 Å². The van der Waals surface area contributed by atoms with E-state index in [9.17, 15) is 0 Å². The van der Waals surface area contributed by atoms with Crippen LogP contribution in [0.5, 0.6) is 0 Å². The zero-order valence-corrected chi connectivity index (χ0v) is 21.5. The van der Waals surface area contributed by atoms with Crippen LogP contribution >= 0.6 is 0 Å². The van der Waals surface area contributed by atoms with Gasteiger partial charge in [-0.2, -0.15) is 0 Å². The highest BCUT2D eigenvalue weighted by atomic mass is 15.1. The Morgan fingerprint density at radius 1 is 0.676 bits per heavy atom. The summed E-state index contributed by atoms with van der Waals surface area (Å²) in [5.74, 6) is 1.58. The van der Waals surface area contributed by atoms with Crippen LogP contribution in [-0.4, -0.2) is 19.6 Å². The van der Waals surface area contributed by atoms with Gasteiger partial charge in [-0.05, 0) is 51.0 Å². The average molecular weight is 461 g/mol. The van der Waals surface area contributed by atoms with Crippen LogP contribution in [0.15, 0.2) is 67.1 Å². The fourth-order valence-corrected chi connectivity index (χ4v) is 6.20. The molecule has 5 rings (SSSR count). The van der Waals surface area contributed by atoms with Gasteiger partial charge in [0.1, 0.15) is 0 Å². The Labute approximate surface area is 209 Å². The minimum atomic E-state index is 0.746. The molecule has 0 aromatic carbocycles. The highest BCUT2D eigenvalue weighted by Crippen LogP contribution is 2.33. The number of rotatable bonds is 0. The highest BCUT2D eigenvalue weighted by molar-refractivity contribution is 5.21. The standard InChI is InChI=1S/C32H47N2/c1-2-5-10-14-18-23-34-26-29-19-15-11-7-4-6-9-13-17-22-33-24-21-32(31(25-29)28-34)30(27-33)20-16-12-8-3-1/h2,4-6,9-10,13-14,25-26,28,30,32H,1,3,7-8,11-12,15-24,27H2/q+1/p+1/b5-2-,6-4-,13-9+,14-10-/t30-,32-/m1/s1. The second-order valence-electron chi connectivity index (χ2n) is 10.9. The van der Waals surface area contributed by atoms with Gasteiger partial charge in [0.2, 0.25) is 0 Å². The molecule has 3 atom stereocenters. The fourth-order valence-electron chi connectivity index (χ4n) is 6.20. The first-order valence-electron chi connectivity index (χ1n) is 14.4. The molecule has 0 radical (unpaired) electrons. The van der Waals surface area contributed by atoms with Crippen molar-refractivity contribution in [2.75, 3.05) is 19.6 Å². The number of allylic oxidation sites excluding steroid dienone is 7. The summed E-state index contributed by atoms with van der Waals surface area (Å²) in [7, 11) is 0. The molecule has 4 aliphatic rings. The maximum Gasteiger partial charge on any atom is 0.172 e. The van der Waals surface area contributed by atoms with E-state index in [0.29, 0.717) is 0 Å². The molecule has 1 aromatic heterocycles. The number of quaternary nitrogens is 1. The van der Waals surface area contributed by atoms with Gasteiger partial charge in [0, 0.05) is 42.2 Å². The third kappa shape index (κ3) is 8.38. The Hall–Kier alpha value is -1.93. The molecule has 1 fully saturated rings. The van der Waals surface area contributed by atoms with E-state index in [1.54, 1.807) is 11.1 Å². The van der Waals surface area contributed by atoms with Gasteiger partial charge in [-0.3, -0.25) is 0 Å². The molecule has 1 N–H and O–H groups in total. The molecule has 1 aromatic rings. The molecule has 0 amide bonds. The van der Waals surface area contributed by atoms with Crippen molar-refractivity contribution < 1.29 is 9.47 Å².